The van der Waals surface area contributed by atoms with Gasteiger partial charge in [0, 0.05) is 77.8 Å². The zero-order valence-corrected chi connectivity index (χ0v) is 6.92. The van der Waals surface area contributed by atoms with Crippen LogP contribution in [0.4, 0.5) is 0 Å². The molecule has 0 atom stereocenters. The molecule has 0 saturated carbocycles. The summed E-state index contributed by atoms with van der Waals surface area (Å²) in [5.74, 6) is 0. The molecule has 0 heterocycles. The van der Waals surface area contributed by atoms with Gasteiger partial charge in [-0.05, 0) is 0 Å². The third-order valence-corrected chi connectivity index (χ3v) is 0. The molecule has 4 heavy (non-hydrogen) atoms. The van der Waals surface area contributed by atoms with Crippen molar-refractivity contribution in [3.05, 3.63) is 0 Å². The van der Waals surface area contributed by atoms with E-state index in [1.807, 2.05) is 0 Å². The maximum absolute atomic E-state index is 0. The molecule has 0 bridgehead atoms. The van der Waals surface area contributed by atoms with Crippen LogP contribution in [0, 0.1) is 0 Å². The van der Waals surface area contributed by atoms with Crippen molar-refractivity contribution in [3.63, 3.8) is 0 Å². The first-order valence-electron chi connectivity index (χ1n) is 0. The molecule has 0 radical (unpaired) electrons. The van der Waals surface area contributed by atoms with Crippen molar-refractivity contribution in [1.29, 1.82) is 0 Å². The minimum atomic E-state index is 0. The Morgan fingerprint density at radius 3 is 0.500 bits per heavy atom. The fraction of sp³-hybridized carbons (Fsp3) is 0. The van der Waals surface area contributed by atoms with Crippen LogP contribution in [-0.2, 0) is 77.8 Å². The molecule has 0 spiro atoms. The van der Waals surface area contributed by atoms with Gasteiger partial charge in [-0.25, -0.2) is 0 Å². The van der Waals surface area contributed by atoms with Gasteiger partial charge in [0.2, 0.25) is 0 Å². The Balaban J connectivity index is 0. The summed E-state index contributed by atoms with van der Waals surface area (Å²) in [7, 11) is 0. The average Bonchev–Trinajstić information content (AvgIpc) is 0. The first-order chi connectivity index (χ1) is 0. The van der Waals surface area contributed by atoms with Gasteiger partial charge in [-0.1, -0.05) is 0 Å². The van der Waals surface area contributed by atoms with Crippen molar-refractivity contribution in [3.8, 4) is 0 Å². The maximum Gasteiger partial charge on any atom is 0 e. The van der Waals surface area contributed by atoms with Crippen LogP contribution in [0.25, 0.3) is 0 Å². The smallest absolute Gasteiger partial charge is 0 e. The van der Waals surface area contributed by atoms with E-state index in [0.29, 0.717) is 0 Å². The Labute approximate surface area is 76.8 Å². The molecule has 0 unspecified atom stereocenters. The Morgan fingerprint density at radius 2 is 0.500 bits per heavy atom. The second-order valence-corrected chi connectivity index (χ2v) is 0. The van der Waals surface area contributed by atoms with E-state index in [9.17, 15) is 0 Å². The van der Waals surface area contributed by atoms with Gasteiger partial charge >= 0.3 is 0 Å². The van der Waals surface area contributed by atoms with Crippen molar-refractivity contribution in [2.45, 2.75) is 0 Å². The van der Waals surface area contributed by atoms with E-state index in [4.69, 9.17) is 0 Å². The van der Waals surface area contributed by atoms with Crippen LogP contribution in [0.5, 0.6) is 0 Å². The normalized spacial score (nSPS) is 0. The second kappa shape index (κ2) is 17.9. The molecule has 0 nitrogen and oxygen atoms in total. The molecule has 0 aromatic heterocycles. The minimum absolute atomic E-state index is 0. The molecule has 0 aromatic carbocycles. The van der Waals surface area contributed by atoms with E-state index in [2.05, 4.69) is 0 Å². The number of rotatable bonds is 0. The van der Waals surface area contributed by atoms with Crippen LogP contribution in [0.1, 0.15) is 0 Å². The Hall–Kier alpha value is 2.48. The van der Waals surface area contributed by atoms with Gasteiger partial charge in [0.25, 0.3) is 0 Å². The van der Waals surface area contributed by atoms with Crippen molar-refractivity contribution in [2.75, 3.05) is 0 Å². The summed E-state index contributed by atoms with van der Waals surface area (Å²) in [6.07, 6.45) is 0. The quantitative estimate of drug-likeness (QED) is 0.521. The topological polar surface area (TPSA) is 0 Å². The molecule has 0 aliphatic rings. The second-order valence-electron chi connectivity index (χ2n) is 0. The zero-order valence-electron chi connectivity index (χ0n) is 1.26. The van der Waals surface area contributed by atoms with Gasteiger partial charge < -0.3 is 0 Å². The molecule has 0 fully saturated rings. The number of hydrogen-bond acceptors (Lipinski definition) is 0. The SMILES string of the molecule is [Ni].[Pd].[Pd].[Pd]. The maximum atomic E-state index is 0. The minimum Gasteiger partial charge on any atom is 0 e. The molecule has 4 heteroatoms. The molecular weight excluding hydrogens is 378 g/mol. The standard InChI is InChI=1S/Ni.3Pd. The molecule has 40 valence electrons. The Morgan fingerprint density at radius 1 is 0.500 bits per heavy atom. The monoisotopic (exact) mass is 376 g/mol. The van der Waals surface area contributed by atoms with Crippen LogP contribution < -0.4 is 0 Å². The molecule has 0 saturated heterocycles. The Kier molecular flexibility index (Phi) is 141. The summed E-state index contributed by atoms with van der Waals surface area (Å²) in [4.78, 5) is 0. The van der Waals surface area contributed by atoms with Gasteiger partial charge in [-0.3, -0.25) is 0 Å². The summed E-state index contributed by atoms with van der Waals surface area (Å²) in [6.45, 7) is 0. The van der Waals surface area contributed by atoms with Gasteiger partial charge in [-0.2, -0.15) is 0 Å². The van der Waals surface area contributed by atoms with Crippen molar-refractivity contribution in [2.24, 2.45) is 0 Å². The van der Waals surface area contributed by atoms with Crippen LogP contribution in [0.2, 0.25) is 0 Å². The van der Waals surface area contributed by atoms with Crippen LogP contribution >= 0.6 is 0 Å². The molecule has 0 aliphatic heterocycles. The van der Waals surface area contributed by atoms with Gasteiger partial charge in [0.05, 0.1) is 0 Å². The van der Waals surface area contributed by atoms with E-state index in [1.54, 1.807) is 0 Å². The summed E-state index contributed by atoms with van der Waals surface area (Å²) in [5, 5.41) is 0. The first kappa shape index (κ1) is 31.6. The van der Waals surface area contributed by atoms with E-state index in [0.717, 1.165) is 0 Å². The summed E-state index contributed by atoms with van der Waals surface area (Å²) in [5.41, 5.74) is 0. The van der Waals surface area contributed by atoms with E-state index in [1.165, 1.54) is 0 Å². The largest absolute Gasteiger partial charge is 0 e. The zero-order chi connectivity index (χ0) is 0. The first-order valence-corrected chi connectivity index (χ1v) is 0. The molecule has 0 aliphatic carbocycles. The third-order valence-electron chi connectivity index (χ3n) is 0. The number of hydrogen-bond donors (Lipinski definition) is 0. The average molecular weight is 378 g/mol. The fourth-order valence-electron chi connectivity index (χ4n) is 0. The van der Waals surface area contributed by atoms with Gasteiger partial charge in [0.15, 0.2) is 0 Å². The Bertz CT molecular complexity index is 3.25. The van der Waals surface area contributed by atoms with Crippen LogP contribution in [-0.4, -0.2) is 0 Å². The third kappa shape index (κ3) is 8.82. The van der Waals surface area contributed by atoms with Crippen molar-refractivity contribution < 1.29 is 77.8 Å². The van der Waals surface area contributed by atoms with Gasteiger partial charge in [-0.15, -0.1) is 0 Å². The van der Waals surface area contributed by atoms with E-state index >= 15 is 0 Å². The van der Waals surface area contributed by atoms with Crippen molar-refractivity contribution >= 4 is 0 Å². The summed E-state index contributed by atoms with van der Waals surface area (Å²) in [6, 6.07) is 0. The van der Waals surface area contributed by atoms with Crippen LogP contribution in [0.3, 0.4) is 0 Å². The van der Waals surface area contributed by atoms with Crippen LogP contribution in [0.15, 0.2) is 0 Å². The molecule has 0 amide bonds. The molecule has 0 N–H and O–H groups in total. The fourth-order valence-corrected chi connectivity index (χ4v) is 0. The predicted octanol–water partition coefficient (Wildman–Crippen LogP) is -0.0100. The summed E-state index contributed by atoms with van der Waals surface area (Å²) < 4.78 is 0. The predicted molar refractivity (Wildman–Crippen MR) is 0 cm³/mol. The van der Waals surface area contributed by atoms with E-state index in [-0.39, 0.29) is 77.8 Å². The molecule has 0 aromatic rings. The van der Waals surface area contributed by atoms with Crippen molar-refractivity contribution in [1.82, 2.24) is 0 Å². The summed E-state index contributed by atoms with van der Waals surface area (Å²) >= 11 is 0. The molecular formula is NiPd3. The van der Waals surface area contributed by atoms with Gasteiger partial charge in [0.1, 0.15) is 0 Å². The van der Waals surface area contributed by atoms with E-state index < -0.39 is 0 Å². The molecule has 0 rings (SSSR count).